The highest BCUT2D eigenvalue weighted by Crippen LogP contribution is 2.18. The van der Waals surface area contributed by atoms with Crippen molar-refractivity contribution in [1.29, 1.82) is 5.26 Å². The fraction of sp³-hybridized carbons (Fsp3) is 0.154. The molecule has 4 aromatic rings. The summed E-state index contributed by atoms with van der Waals surface area (Å²) < 4.78 is 9.04. The topological polar surface area (TPSA) is 89.9 Å². The van der Waals surface area contributed by atoms with Gasteiger partial charge in [-0.3, -0.25) is 18.8 Å². The molecule has 0 N–H and O–H groups in total. The number of carbonyl (C=O) groups excluding carboxylic acids is 1. The fourth-order valence-electron chi connectivity index (χ4n) is 3.78. The van der Waals surface area contributed by atoms with E-state index in [1.165, 1.54) is 11.7 Å². The summed E-state index contributed by atoms with van der Waals surface area (Å²) in [5.41, 5.74) is 3.04. The lowest BCUT2D eigenvalue weighted by atomic mass is 10.0. The Labute approximate surface area is 200 Å². The van der Waals surface area contributed by atoms with Gasteiger partial charge in [-0.25, -0.2) is 0 Å². The molecule has 0 spiro atoms. The van der Waals surface area contributed by atoms with Crippen molar-refractivity contribution in [2.24, 2.45) is 7.05 Å². The maximum atomic E-state index is 13.6. The summed E-state index contributed by atoms with van der Waals surface area (Å²) in [6.45, 7) is 3.80. The van der Waals surface area contributed by atoms with Crippen LogP contribution in [0.4, 0.5) is 0 Å². The van der Waals surface area contributed by atoms with Gasteiger partial charge in [-0.05, 0) is 43.2 Å². The van der Waals surface area contributed by atoms with Crippen LogP contribution in [0.5, 0.6) is 5.75 Å². The first-order chi connectivity index (χ1) is 16.3. The molecule has 8 heteroatoms. The molecule has 0 radical (unpaired) electrons. The number of ketones is 1. The van der Waals surface area contributed by atoms with Crippen LogP contribution < -0.4 is 19.5 Å². The zero-order valence-corrected chi connectivity index (χ0v) is 20.0. The number of nitriles is 1. The summed E-state index contributed by atoms with van der Waals surface area (Å²) in [4.78, 5) is 27.1. The molecule has 0 bridgehead atoms. The van der Waals surface area contributed by atoms with Gasteiger partial charge < -0.3 is 4.74 Å². The van der Waals surface area contributed by atoms with Crippen molar-refractivity contribution in [3.8, 4) is 17.5 Å². The van der Waals surface area contributed by atoms with Gasteiger partial charge >= 0.3 is 0 Å². The van der Waals surface area contributed by atoms with Crippen LogP contribution >= 0.6 is 11.3 Å². The average molecular weight is 471 g/mol. The van der Waals surface area contributed by atoms with E-state index in [1.807, 2.05) is 32.0 Å². The Morgan fingerprint density at radius 3 is 2.50 bits per heavy atom. The minimum atomic E-state index is -0.476. The van der Waals surface area contributed by atoms with Crippen molar-refractivity contribution in [1.82, 2.24) is 14.3 Å². The number of thiazole rings is 1. The number of Topliss-reactive ketones (excluding diaryl/α,β-unsaturated/α-hetero) is 1. The molecule has 0 aliphatic rings. The molecule has 0 saturated heterocycles. The van der Waals surface area contributed by atoms with Crippen LogP contribution in [-0.2, 0) is 7.05 Å². The Balaban J connectivity index is 2.10. The first-order valence-electron chi connectivity index (χ1n) is 10.5. The van der Waals surface area contributed by atoms with Crippen LogP contribution in [0.1, 0.15) is 27.0 Å². The molecule has 4 rings (SSSR count). The van der Waals surface area contributed by atoms with Gasteiger partial charge in [0.1, 0.15) is 22.1 Å². The summed E-state index contributed by atoms with van der Waals surface area (Å²) in [5, 5.41) is 14.2. The van der Waals surface area contributed by atoms with Gasteiger partial charge in [0.25, 0.3) is 5.56 Å². The Hall–Kier alpha value is -4.22. The fourth-order valence-corrected chi connectivity index (χ4v) is 4.87. The summed E-state index contributed by atoms with van der Waals surface area (Å²) in [6.07, 6.45) is 5.16. The van der Waals surface area contributed by atoms with Gasteiger partial charge in [0.2, 0.25) is 5.78 Å². The third kappa shape index (κ3) is 4.21. The molecule has 170 valence electrons. The van der Waals surface area contributed by atoms with E-state index in [2.05, 4.69) is 11.2 Å². The number of carbonyl (C=O) groups is 1. The van der Waals surface area contributed by atoms with Crippen molar-refractivity contribution in [3.63, 3.8) is 0 Å². The SMILES string of the molecule is COc1cccc(C(=O)/C(C#N)=c2\s/c(=C\c3cnn(C)c3)c(=O)n2-c2c(C)cccc2C)c1. The van der Waals surface area contributed by atoms with E-state index in [0.29, 0.717) is 21.5 Å². The highest BCUT2D eigenvalue weighted by molar-refractivity contribution is 7.07. The maximum Gasteiger partial charge on any atom is 0.273 e. The van der Waals surface area contributed by atoms with Crippen LogP contribution in [-0.4, -0.2) is 27.2 Å². The molecule has 0 atom stereocenters. The van der Waals surface area contributed by atoms with Crippen molar-refractivity contribution in [3.05, 3.63) is 96.7 Å². The third-order valence-corrected chi connectivity index (χ3v) is 6.49. The largest absolute Gasteiger partial charge is 0.497 e. The predicted octanol–water partition coefficient (Wildman–Crippen LogP) is 2.64. The number of para-hydroxylation sites is 1. The second-order valence-corrected chi connectivity index (χ2v) is 8.82. The molecule has 7 nitrogen and oxygen atoms in total. The lowest BCUT2D eigenvalue weighted by Crippen LogP contribution is -2.32. The molecule has 34 heavy (non-hydrogen) atoms. The Bertz CT molecular complexity index is 1610. The summed E-state index contributed by atoms with van der Waals surface area (Å²) in [7, 11) is 3.30. The zero-order valence-electron chi connectivity index (χ0n) is 19.2. The van der Waals surface area contributed by atoms with Gasteiger partial charge in [0, 0.05) is 24.4 Å². The maximum absolute atomic E-state index is 13.6. The zero-order chi connectivity index (χ0) is 24.4. The van der Waals surface area contributed by atoms with Crippen LogP contribution in [0, 0.1) is 25.2 Å². The smallest absolute Gasteiger partial charge is 0.273 e. The predicted molar refractivity (Wildman–Crippen MR) is 132 cm³/mol. The number of hydrogen-bond donors (Lipinski definition) is 0. The second kappa shape index (κ2) is 9.33. The van der Waals surface area contributed by atoms with E-state index in [9.17, 15) is 14.9 Å². The Morgan fingerprint density at radius 1 is 1.18 bits per heavy atom. The Morgan fingerprint density at radius 2 is 1.88 bits per heavy atom. The minimum Gasteiger partial charge on any atom is -0.497 e. The monoisotopic (exact) mass is 470 g/mol. The molecule has 0 fully saturated rings. The Kier molecular flexibility index (Phi) is 6.30. The summed E-state index contributed by atoms with van der Waals surface area (Å²) in [5.74, 6) is 0.0302. The molecule has 0 saturated carbocycles. The summed E-state index contributed by atoms with van der Waals surface area (Å²) >= 11 is 1.11. The number of benzene rings is 2. The van der Waals surface area contributed by atoms with E-state index >= 15 is 0 Å². The van der Waals surface area contributed by atoms with Gasteiger partial charge in [-0.1, -0.05) is 30.3 Å². The van der Waals surface area contributed by atoms with E-state index in [-0.39, 0.29) is 15.8 Å². The number of nitrogens with zero attached hydrogens (tertiary/aromatic N) is 4. The lowest BCUT2D eigenvalue weighted by molar-refractivity contribution is 0.105. The van der Waals surface area contributed by atoms with Crippen molar-refractivity contribution in [2.75, 3.05) is 7.11 Å². The molecular weight excluding hydrogens is 448 g/mol. The third-order valence-electron chi connectivity index (χ3n) is 5.39. The minimum absolute atomic E-state index is 0.108. The van der Waals surface area contributed by atoms with E-state index in [4.69, 9.17) is 4.74 Å². The number of ether oxygens (including phenoxy) is 1. The number of methoxy groups -OCH3 is 1. The molecule has 2 aromatic heterocycles. The number of aryl methyl sites for hydroxylation is 3. The van der Waals surface area contributed by atoms with Crippen LogP contribution in [0.15, 0.2) is 59.7 Å². The van der Waals surface area contributed by atoms with Crippen LogP contribution in [0.25, 0.3) is 17.3 Å². The quantitative estimate of drug-likeness (QED) is 0.419. The molecule has 0 amide bonds. The highest BCUT2D eigenvalue weighted by atomic mass is 32.1. The van der Waals surface area contributed by atoms with Gasteiger partial charge in [0.05, 0.1) is 23.5 Å². The van der Waals surface area contributed by atoms with E-state index < -0.39 is 5.78 Å². The molecule has 0 aliphatic carbocycles. The van der Waals surface area contributed by atoms with Crippen molar-refractivity contribution >= 4 is 28.8 Å². The van der Waals surface area contributed by atoms with Crippen molar-refractivity contribution < 1.29 is 9.53 Å². The first kappa shape index (κ1) is 23.0. The van der Waals surface area contributed by atoms with E-state index in [1.54, 1.807) is 54.5 Å². The highest BCUT2D eigenvalue weighted by Gasteiger charge is 2.20. The lowest BCUT2D eigenvalue weighted by Gasteiger charge is -2.11. The first-order valence-corrected chi connectivity index (χ1v) is 11.3. The molecular formula is C26H22N4O3S. The molecule has 2 heterocycles. The molecule has 2 aromatic carbocycles. The van der Waals surface area contributed by atoms with Gasteiger partial charge in [-0.2, -0.15) is 10.4 Å². The summed E-state index contributed by atoms with van der Waals surface area (Å²) in [6, 6.07) is 14.4. The van der Waals surface area contributed by atoms with E-state index in [0.717, 1.165) is 28.0 Å². The average Bonchev–Trinajstić information content (AvgIpc) is 3.37. The van der Waals surface area contributed by atoms with Gasteiger partial charge in [-0.15, -0.1) is 11.3 Å². The van der Waals surface area contributed by atoms with Crippen molar-refractivity contribution in [2.45, 2.75) is 13.8 Å². The van der Waals surface area contributed by atoms with Crippen LogP contribution in [0.2, 0.25) is 0 Å². The van der Waals surface area contributed by atoms with Crippen LogP contribution in [0.3, 0.4) is 0 Å². The second-order valence-electron chi connectivity index (χ2n) is 7.79. The number of hydrogen-bond acceptors (Lipinski definition) is 6. The normalized spacial score (nSPS) is 12.4. The standard InChI is InChI=1S/C26H22N4O3S/c1-16-7-5-8-17(2)23(16)30-25(32)22(11-18-14-28-29(3)15-18)34-26(30)21(13-27)24(31)19-9-6-10-20(12-19)33-4/h5-12,14-15H,1-4H3/b22-11-,26-21-. The molecule has 0 unspecified atom stereocenters. The molecule has 0 aliphatic heterocycles. The number of rotatable bonds is 5. The van der Waals surface area contributed by atoms with Gasteiger partial charge in [0.15, 0.2) is 0 Å². The number of aromatic nitrogens is 3.